The normalized spacial score (nSPS) is 11.4. The number of nitrogens with one attached hydrogen (secondary N) is 1. The number of hydrogen-bond donors (Lipinski definition) is 1. The first-order valence-corrected chi connectivity index (χ1v) is 10.2. The van der Waals surface area contributed by atoms with E-state index in [0.717, 1.165) is 11.1 Å². The van der Waals surface area contributed by atoms with E-state index in [9.17, 15) is 13.2 Å². The van der Waals surface area contributed by atoms with Gasteiger partial charge >= 0.3 is 0 Å². The van der Waals surface area contributed by atoms with Crippen molar-refractivity contribution in [3.63, 3.8) is 0 Å². The van der Waals surface area contributed by atoms with E-state index in [2.05, 4.69) is 19.2 Å². The average Bonchev–Trinajstić information content (AvgIpc) is 2.60. The Bertz CT molecular complexity index is 871. The molecule has 5 nitrogen and oxygen atoms in total. The van der Waals surface area contributed by atoms with Crippen LogP contribution in [0.15, 0.2) is 47.4 Å². The van der Waals surface area contributed by atoms with Crippen molar-refractivity contribution in [3.05, 3.63) is 53.6 Å². The number of aryl methyl sites for hydroxylation is 1. The van der Waals surface area contributed by atoms with Gasteiger partial charge in [-0.15, -0.1) is 0 Å². The zero-order chi connectivity index (χ0) is 19.3. The summed E-state index contributed by atoms with van der Waals surface area (Å²) in [6.07, 6.45) is 0. The summed E-state index contributed by atoms with van der Waals surface area (Å²) in [6.45, 7) is 7.60. The van der Waals surface area contributed by atoms with Crippen molar-refractivity contribution in [1.29, 1.82) is 0 Å². The molecule has 0 fully saturated rings. The predicted octanol–water partition coefficient (Wildman–Crippen LogP) is 3.93. The molecule has 140 valence electrons. The van der Waals surface area contributed by atoms with E-state index in [1.165, 1.54) is 12.1 Å². The number of sulfone groups is 1. The van der Waals surface area contributed by atoms with Gasteiger partial charge < -0.3 is 10.1 Å². The zero-order valence-corrected chi connectivity index (χ0v) is 16.4. The van der Waals surface area contributed by atoms with E-state index in [0.29, 0.717) is 17.4 Å². The van der Waals surface area contributed by atoms with Crippen molar-refractivity contribution in [1.82, 2.24) is 0 Å². The number of hydrogen-bond acceptors (Lipinski definition) is 4. The fourth-order valence-electron chi connectivity index (χ4n) is 2.50. The number of benzene rings is 2. The Morgan fingerprint density at radius 2 is 1.77 bits per heavy atom. The molecule has 1 amide bonds. The molecule has 6 heteroatoms. The quantitative estimate of drug-likeness (QED) is 0.796. The highest BCUT2D eigenvalue weighted by molar-refractivity contribution is 7.91. The summed E-state index contributed by atoms with van der Waals surface area (Å²) >= 11 is 0. The largest absolute Gasteiger partial charge is 0.483 e. The Labute approximate surface area is 155 Å². The van der Waals surface area contributed by atoms with Crippen LogP contribution in [0.25, 0.3) is 0 Å². The molecule has 0 spiro atoms. The van der Waals surface area contributed by atoms with E-state index in [4.69, 9.17) is 4.74 Å². The van der Waals surface area contributed by atoms with Crippen LogP contribution in [0.2, 0.25) is 0 Å². The number of carbonyl (C=O) groups is 1. The van der Waals surface area contributed by atoms with Crippen molar-refractivity contribution >= 4 is 21.4 Å². The van der Waals surface area contributed by atoms with Gasteiger partial charge in [-0.1, -0.05) is 32.9 Å². The van der Waals surface area contributed by atoms with Gasteiger partial charge in [0.15, 0.2) is 16.4 Å². The molecule has 0 aromatic heterocycles. The van der Waals surface area contributed by atoms with Gasteiger partial charge in [-0.2, -0.15) is 0 Å². The summed E-state index contributed by atoms with van der Waals surface area (Å²) in [6, 6.07) is 12.1. The first kappa shape index (κ1) is 20.0. The molecular weight excluding hydrogens is 350 g/mol. The molecule has 26 heavy (non-hydrogen) atoms. The molecule has 0 saturated heterocycles. The Morgan fingerprint density at radius 3 is 2.35 bits per heavy atom. The maximum Gasteiger partial charge on any atom is 0.262 e. The van der Waals surface area contributed by atoms with Gasteiger partial charge in [0.1, 0.15) is 5.75 Å². The first-order valence-electron chi connectivity index (χ1n) is 8.59. The minimum Gasteiger partial charge on any atom is -0.483 e. The standard InChI is InChI=1S/C20H25NO4S/c1-5-26(23,24)17-9-7-16(8-10-17)21-20(22)13-25-19-12-15(4)6-11-18(19)14(2)3/h6-12,14H,5,13H2,1-4H3,(H,21,22). The van der Waals surface area contributed by atoms with Gasteiger partial charge in [0.05, 0.1) is 10.6 Å². The van der Waals surface area contributed by atoms with E-state index < -0.39 is 9.84 Å². The number of amides is 1. The van der Waals surface area contributed by atoms with Crippen LogP contribution in [0.3, 0.4) is 0 Å². The van der Waals surface area contributed by atoms with Crippen molar-refractivity contribution in [2.75, 3.05) is 17.7 Å². The molecule has 0 unspecified atom stereocenters. The fourth-order valence-corrected chi connectivity index (χ4v) is 3.38. The molecule has 0 bridgehead atoms. The molecular formula is C20H25NO4S. The maximum atomic E-state index is 12.1. The number of ether oxygens (including phenoxy) is 1. The van der Waals surface area contributed by atoms with Crippen molar-refractivity contribution in [3.8, 4) is 5.75 Å². The van der Waals surface area contributed by atoms with Crippen molar-refractivity contribution < 1.29 is 17.9 Å². The van der Waals surface area contributed by atoms with Crippen LogP contribution in [-0.2, 0) is 14.6 Å². The lowest BCUT2D eigenvalue weighted by atomic mass is 10.0. The van der Waals surface area contributed by atoms with Crippen LogP contribution in [0.5, 0.6) is 5.75 Å². The van der Waals surface area contributed by atoms with Crippen molar-refractivity contribution in [2.24, 2.45) is 0 Å². The summed E-state index contributed by atoms with van der Waals surface area (Å²) in [5.74, 6) is 0.745. The third-order valence-corrected chi connectivity index (χ3v) is 5.78. The van der Waals surface area contributed by atoms with Crippen LogP contribution in [-0.4, -0.2) is 26.7 Å². The van der Waals surface area contributed by atoms with Gasteiger partial charge in [-0.25, -0.2) is 8.42 Å². The highest BCUT2D eigenvalue weighted by atomic mass is 32.2. The van der Waals surface area contributed by atoms with Gasteiger partial charge in [-0.05, 0) is 54.3 Å². The molecule has 0 atom stereocenters. The second kappa shape index (κ2) is 8.36. The number of carbonyl (C=O) groups excluding carboxylic acids is 1. The minimum absolute atomic E-state index is 0.0429. The Balaban J connectivity index is 2.01. The molecule has 1 N–H and O–H groups in total. The summed E-state index contributed by atoms with van der Waals surface area (Å²) in [5, 5.41) is 2.71. The maximum absolute atomic E-state index is 12.1. The third kappa shape index (κ3) is 5.08. The highest BCUT2D eigenvalue weighted by Crippen LogP contribution is 2.27. The second-order valence-corrected chi connectivity index (χ2v) is 8.74. The highest BCUT2D eigenvalue weighted by Gasteiger charge is 2.13. The Morgan fingerprint density at radius 1 is 1.12 bits per heavy atom. The minimum atomic E-state index is -3.24. The number of rotatable bonds is 7. The van der Waals surface area contributed by atoms with Crippen LogP contribution in [0.1, 0.15) is 37.8 Å². The lowest BCUT2D eigenvalue weighted by molar-refractivity contribution is -0.118. The van der Waals surface area contributed by atoms with Gasteiger partial charge in [0.2, 0.25) is 0 Å². The second-order valence-electron chi connectivity index (χ2n) is 6.46. The lowest BCUT2D eigenvalue weighted by Gasteiger charge is -2.15. The van der Waals surface area contributed by atoms with Crippen LogP contribution in [0, 0.1) is 6.92 Å². The topological polar surface area (TPSA) is 72.5 Å². The van der Waals surface area contributed by atoms with Crippen molar-refractivity contribution in [2.45, 2.75) is 38.5 Å². The van der Waals surface area contributed by atoms with E-state index in [1.807, 2.05) is 25.1 Å². The Kier molecular flexibility index (Phi) is 6.42. The molecule has 0 radical (unpaired) electrons. The van der Waals surface area contributed by atoms with Crippen LogP contribution >= 0.6 is 0 Å². The first-order chi connectivity index (χ1) is 12.2. The number of anilines is 1. The van der Waals surface area contributed by atoms with Gasteiger partial charge in [0, 0.05) is 5.69 Å². The molecule has 2 rings (SSSR count). The summed E-state index contributed by atoms with van der Waals surface area (Å²) in [5.41, 5.74) is 2.65. The van der Waals surface area contributed by atoms with Crippen LogP contribution in [0.4, 0.5) is 5.69 Å². The zero-order valence-electron chi connectivity index (χ0n) is 15.6. The molecule has 0 heterocycles. The average molecular weight is 375 g/mol. The monoisotopic (exact) mass is 375 g/mol. The molecule has 2 aromatic rings. The molecule has 0 aliphatic heterocycles. The van der Waals surface area contributed by atoms with E-state index >= 15 is 0 Å². The summed E-state index contributed by atoms with van der Waals surface area (Å²) in [7, 11) is -3.24. The molecule has 0 aliphatic carbocycles. The van der Waals surface area contributed by atoms with Crippen LogP contribution < -0.4 is 10.1 Å². The summed E-state index contributed by atoms with van der Waals surface area (Å²) in [4.78, 5) is 12.4. The van der Waals surface area contributed by atoms with Gasteiger partial charge in [0.25, 0.3) is 5.91 Å². The Hall–Kier alpha value is -2.34. The fraction of sp³-hybridized carbons (Fsp3) is 0.350. The molecule has 0 aliphatic rings. The molecule has 2 aromatic carbocycles. The SMILES string of the molecule is CCS(=O)(=O)c1ccc(NC(=O)COc2cc(C)ccc2C(C)C)cc1. The lowest BCUT2D eigenvalue weighted by Crippen LogP contribution is -2.20. The van der Waals surface area contributed by atoms with Gasteiger partial charge in [-0.3, -0.25) is 4.79 Å². The smallest absolute Gasteiger partial charge is 0.262 e. The summed E-state index contributed by atoms with van der Waals surface area (Å²) < 4.78 is 29.3. The van der Waals surface area contributed by atoms with E-state index in [-0.39, 0.29) is 23.2 Å². The third-order valence-electron chi connectivity index (χ3n) is 4.03. The van der Waals surface area contributed by atoms with E-state index in [1.54, 1.807) is 19.1 Å². The predicted molar refractivity (Wildman–Crippen MR) is 104 cm³/mol. The molecule has 0 saturated carbocycles.